The van der Waals surface area contributed by atoms with Crippen LogP contribution in [0.5, 0.6) is 0 Å². The largest absolute Gasteiger partial charge is 0.390 e. The summed E-state index contributed by atoms with van der Waals surface area (Å²) in [5, 5.41) is 12.4. The Hall–Kier alpha value is -0.260. The van der Waals surface area contributed by atoms with Crippen molar-refractivity contribution in [3.8, 4) is 0 Å². The summed E-state index contributed by atoms with van der Waals surface area (Å²) in [6, 6.07) is 0. The number of halogens is 2. The highest BCUT2D eigenvalue weighted by Crippen LogP contribution is 1.96. The first-order valence-corrected chi connectivity index (χ1v) is 4.91. The van der Waals surface area contributed by atoms with Gasteiger partial charge in [0, 0.05) is 13.1 Å². The van der Waals surface area contributed by atoms with E-state index in [1.54, 1.807) is 7.05 Å². The highest BCUT2D eigenvalue weighted by Gasteiger charge is 2.11. The van der Waals surface area contributed by atoms with Gasteiger partial charge in [-0.2, -0.15) is 0 Å². The fourth-order valence-corrected chi connectivity index (χ4v) is 1.18. The second-order valence-corrected chi connectivity index (χ2v) is 3.47. The average molecular weight is 210 g/mol. The van der Waals surface area contributed by atoms with Gasteiger partial charge in [0.25, 0.3) is 6.43 Å². The summed E-state index contributed by atoms with van der Waals surface area (Å²) in [7, 11) is 1.58. The van der Waals surface area contributed by atoms with Gasteiger partial charge in [-0.05, 0) is 20.0 Å². The van der Waals surface area contributed by atoms with Crippen molar-refractivity contribution in [3.63, 3.8) is 0 Å². The predicted molar refractivity (Wildman–Crippen MR) is 52.7 cm³/mol. The molecule has 0 spiro atoms. The van der Waals surface area contributed by atoms with Crippen LogP contribution in [0.2, 0.25) is 0 Å². The second-order valence-electron chi connectivity index (χ2n) is 3.47. The summed E-state index contributed by atoms with van der Waals surface area (Å²) in [6.07, 6.45) is -1.92. The third-order valence-corrected chi connectivity index (χ3v) is 1.78. The predicted octanol–water partition coefficient (Wildman–Crippen LogP) is 0.544. The number of aliphatic hydroxyl groups excluding tert-OH is 1. The van der Waals surface area contributed by atoms with Crippen molar-refractivity contribution in [2.75, 3.05) is 33.2 Å². The quantitative estimate of drug-likeness (QED) is 0.574. The molecule has 2 N–H and O–H groups in total. The van der Waals surface area contributed by atoms with Gasteiger partial charge in [-0.15, -0.1) is 0 Å². The summed E-state index contributed by atoms with van der Waals surface area (Å²) < 4.78 is 23.8. The van der Waals surface area contributed by atoms with Crippen LogP contribution < -0.4 is 5.32 Å². The van der Waals surface area contributed by atoms with Crippen LogP contribution in [0.1, 0.15) is 13.3 Å². The van der Waals surface area contributed by atoms with E-state index in [0.717, 1.165) is 13.0 Å². The van der Waals surface area contributed by atoms with E-state index in [1.165, 1.54) is 4.90 Å². The lowest BCUT2D eigenvalue weighted by Crippen LogP contribution is -2.38. The normalized spacial score (nSPS) is 13.9. The van der Waals surface area contributed by atoms with Gasteiger partial charge in [0.1, 0.15) is 0 Å². The summed E-state index contributed by atoms with van der Waals surface area (Å²) in [5.41, 5.74) is 0. The first kappa shape index (κ1) is 13.7. The summed E-state index contributed by atoms with van der Waals surface area (Å²) in [6.45, 7) is 3.32. The third-order valence-electron chi connectivity index (χ3n) is 1.78. The SMILES string of the molecule is CCCNCC(O)CN(C)CC(F)F. The lowest BCUT2D eigenvalue weighted by Gasteiger charge is -2.20. The first-order chi connectivity index (χ1) is 6.56. The Bertz CT molecular complexity index is 136. The zero-order valence-corrected chi connectivity index (χ0v) is 8.84. The van der Waals surface area contributed by atoms with Crippen LogP contribution in [0.4, 0.5) is 8.78 Å². The van der Waals surface area contributed by atoms with Gasteiger partial charge in [0.15, 0.2) is 0 Å². The maximum Gasteiger partial charge on any atom is 0.251 e. The molecule has 14 heavy (non-hydrogen) atoms. The van der Waals surface area contributed by atoms with Crippen LogP contribution in [0.25, 0.3) is 0 Å². The molecule has 0 rings (SSSR count). The minimum atomic E-state index is -2.34. The molecular weight excluding hydrogens is 190 g/mol. The number of nitrogens with one attached hydrogen (secondary N) is 1. The summed E-state index contributed by atoms with van der Waals surface area (Å²) >= 11 is 0. The van der Waals surface area contributed by atoms with E-state index < -0.39 is 12.5 Å². The topological polar surface area (TPSA) is 35.5 Å². The Balaban J connectivity index is 3.44. The van der Waals surface area contributed by atoms with Crippen molar-refractivity contribution >= 4 is 0 Å². The fraction of sp³-hybridized carbons (Fsp3) is 1.00. The van der Waals surface area contributed by atoms with Gasteiger partial charge < -0.3 is 10.4 Å². The van der Waals surface area contributed by atoms with Crippen LogP contribution in [-0.2, 0) is 0 Å². The Morgan fingerprint density at radius 1 is 1.36 bits per heavy atom. The lowest BCUT2D eigenvalue weighted by atomic mass is 10.3. The molecule has 1 atom stereocenters. The number of nitrogens with zero attached hydrogens (tertiary/aromatic N) is 1. The zero-order chi connectivity index (χ0) is 11.0. The fourth-order valence-electron chi connectivity index (χ4n) is 1.18. The molecule has 0 aromatic heterocycles. The Kier molecular flexibility index (Phi) is 7.93. The molecule has 0 aliphatic rings. The van der Waals surface area contributed by atoms with E-state index in [4.69, 9.17) is 0 Å². The molecule has 0 aromatic rings. The van der Waals surface area contributed by atoms with E-state index in [1.807, 2.05) is 6.92 Å². The molecule has 1 unspecified atom stereocenters. The van der Waals surface area contributed by atoms with Crippen molar-refractivity contribution in [2.45, 2.75) is 25.9 Å². The highest BCUT2D eigenvalue weighted by atomic mass is 19.3. The minimum Gasteiger partial charge on any atom is -0.390 e. The smallest absolute Gasteiger partial charge is 0.251 e. The number of hydrogen-bond donors (Lipinski definition) is 2. The maximum atomic E-state index is 11.9. The van der Waals surface area contributed by atoms with E-state index in [2.05, 4.69) is 5.32 Å². The van der Waals surface area contributed by atoms with Crippen LogP contribution in [0.15, 0.2) is 0 Å². The molecule has 0 radical (unpaired) electrons. The Morgan fingerprint density at radius 3 is 2.50 bits per heavy atom. The van der Waals surface area contributed by atoms with Gasteiger partial charge in [0.2, 0.25) is 0 Å². The highest BCUT2D eigenvalue weighted by molar-refractivity contribution is 4.64. The van der Waals surface area contributed by atoms with Crippen LogP contribution in [0, 0.1) is 0 Å². The molecule has 0 fully saturated rings. The molecule has 0 heterocycles. The van der Waals surface area contributed by atoms with Crippen LogP contribution in [0.3, 0.4) is 0 Å². The third kappa shape index (κ3) is 8.34. The van der Waals surface area contributed by atoms with Gasteiger partial charge in [0.05, 0.1) is 12.6 Å². The maximum absolute atomic E-state index is 11.9. The van der Waals surface area contributed by atoms with Gasteiger partial charge >= 0.3 is 0 Å². The molecular formula is C9H20F2N2O. The van der Waals surface area contributed by atoms with E-state index in [9.17, 15) is 13.9 Å². The number of rotatable bonds is 8. The molecule has 3 nitrogen and oxygen atoms in total. The molecule has 0 amide bonds. The van der Waals surface area contributed by atoms with Gasteiger partial charge in [-0.1, -0.05) is 6.92 Å². The number of aliphatic hydroxyl groups is 1. The van der Waals surface area contributed by atoms with Gasteiger partial charge in [-0.25, -0.2) is 8.78 Å². The monoisotopic (exact) mass is 210 g/mol. The number of likely N-dealkylation sites (N-methyl/N-ethyl adjacent to an activating group) is 1. The lowest BCUT2D eigenvalue weighted by molar-refractivity contribution is 0.0682. The minimum absolute atomic E-state index is 0.279. The number of hydrogen-bond acceptors (Lipinski definition) is 3. The summed E-state index contributed by atoms with van der Waals surface area (Å²) in [5.74, 6) is 0. The standard InChI is InChI=1S/C9H20F2N2O/c1-3-4-12-5-8(14)6-13(2)7-9(10)11/h8-9,12,14H,3-7H2,1-2H3. The Labute approximate surface area is 84.1 Å². The van der Waals surface area contributed by atoms with Crippen molar-refractivity contribution in [1.82, 2.24) is 10.2 Å². The molecule has 0 aliphatic heterocycles. The van der Waals surface area contributed by atoms with Gasteiger partial charge in [-0.3, -0.25) is 4.90 Å². The molecule has 0 saturated carbocycles. The summed E-state index contributed by atoms with van der Waals surface area (Å²) in [4.78, 5) is 1.43. The molecule has 86 valence electrons. The van der Waals surface area contributed by atoms with Crippen molar-refractivity contribution in [3.05, 3.63) is 0 Å². The molecule has 0 bridgehead atoms. The average Bonchev–Trinajstić information content (AvgIpc) is 2.02. The zero-order valence-electron chi connectivity index (χ0n) is 8.84. The molecule has 0 saturated heterocycles. The van der Waals surface area contributed by atoms with Crippen molar-refractivity contribution in [2.24, 2.45) is 0 Å². The van der Waals surface area contributed by atoms with E-state index in [0.29, 0.717) is 6.54 Å². The van der Waals surface area contributed by atoms with Crippen molar-refractivity contribution < 1.29 is 13.9 Å². The second kappa shape index (κ2) is 8.08. The van der Waals surface area contributed by atoms with Crippen LogP contribution in [-0.4, -0.2) is 55.8 Å². The molecule has 5 heteroatoms. The molecule has 0 aliphatic carbocycles. The molecule has 0 aromatic carbocycles. The van der Waals surface area contributed by atoms with Crippen molar-refractivity contribution in [1.29, 1.82) is 0 Å². The van der Waals surface area contributed by atoms with E-state index in [-0.39, 0.29) is 13.1 Å². The number of alkyl halides is 2. The first-order valence-electron chi connectivity index (χ1n) is 4.91. The van der Waals surface area contributed by atoms with E-state index >= 15 is 0 Å². The van der Waals surface area contributed by atoms with Crippen LogP contribution >= 0.6 is 0 Å². The Morgan fingerprint density at radius 2 is 2.00 bits per heavy atom.